The summed E-state index contributed by atoms with van der Waals surface area (Å²) in [5.74, 6) is -0.887. The van der Waals surface area contributed by atoms with Crippen molar-refractivity contribution in [3.63, 3.8) is 0 Å². The van der Waals surface area contributed by atoms with Crippen molar-refractivity contribution in [2.75, 3.05) is 20.8 Å². The van der Waals surface area contributed by atoms with Crippen LogP contribution in [-0.4, -0.2) is 58.5 Å². The van der Waals surface area contributed by atoms with Crippen molar-refractivity contribution in [1.82, 2.24) is 19.8 Å². The molecule has 1 atom stereocenters. The summed E-state index contributed by atoms with van der Waals surface area (Å²) >= 11 is 0. The van der Waals surface area contributed by atoms with Crippen molar-refractivity contribution in [3.8, 4) is 5.75 Å². The van der Waals surface area contributed by atoms with Crippen LogP contribution >= 0.6 is 0 Å². The van der Waals surface area contributed by atoms with Gasteiger partial charge in [-0.05, 0) is 13.0 Å². The first-order chi connectivity index (χ1) is 14.4. The molecule has 1 aliphatic heterocycles. The normalized spacial score (nSPS) is 17.8. The second-order valence-electron chi connectivity index (χ2n) is 7.03. The Morgan fingerprint density at radius 2 is 2.07 bits per heavy atom. The average Bonchev–Trinajstić information content (AvgIpc) is 3.18. The zero-order chi connectivity index (χ0) is 21.9. The second-order valence-corrected chi connectivity index (χ2v) is 7.03. The van der Waals surface area contributed by atoms with Crippen LogP contribution < -0.4 is 10.1 Å². The zero-order valence-electron chi connectivity index (χ0n) is 17.2. The van der Waals surface area contributed by atoms with Gasteiger partial charge in [0.25, 0.3) is 5.91 Å². The van der Waals surface area contributed by atoms with E-state index in [1.165, 1.54) is 29.0 Å². The van der Waals surface area contributed by atoms with E-state index in [2.05, 4.69) is 16.9 Å². The van der Waals surface area contributed by atoms with Crippen LogP contribution in [0.4, 0.5) is 0 Å². The van der Waals surface area contributed by atoms with E-state index in [1.54, 1.807) is 14.0 Å². The molecule has 3 rings (SSSR count). The molecule has 0 aliphatic carbocycles. The number of methoxy groups -OCH3 is 2. The van der Waals surface area contributed by atoms with Gasteiger partial charge in [0.15, 0.2) is 5.69 Å². The number of esters is 1. The largest absolute Gasteiger partial charge is 0.496 e. The number of amides is 2. The first-order valence-electron chi connectivity index (χ1n) is 9.33. The Bertz CT molecular complexity index is 999. The maximum absolute atomic E-state index is 13.2. The highest BCUT2D eigenvalue weighted by molar-refractivity contribution is 6.06. The number of benzene rings is 1. The smallest absolute Gasteiger partial charge is 0.359 e. The molecule has 0 unspecified atom stereocenters. The molecule has 1 aliphatic rings. The lowest BCUT2D eigenvalue weighted by atomic mass is 9.94. The second kappa shape index (κ2) is 8.40. The molecule has 9 heteroatoms. The quantitative estimate of drug-likeness (QED) is 0.545. The standard InChI is InChI=1S/C21H24N4O5/c1-5-10-25-18(26)17-16(19(27)30-4)23-13-24(17)12-21(25,2)20(28)22-11-14-8-6-7-9-15(14)29-3/h5-9,13H,1,10-12H2,2-4H3,(H,22,28)/t21-/m0/s1. The number of para-hydroxylation sites is 1. The van der Waals surface area contributed by atoms with Crippen LogP contribution in [-0.2, 0) is 22.6 Å². The van der Waals surface area contributed by atoms with Crippen LogP contribution in [0, 0.1) is 0 Å². The molecule has 0 spiro atoms. The monoisotopic (exact) mass is 412 g/mol. The lowest BCUT2D eigenvalue weighted by Crippen LogP contribution is -2.64. The van der Waals surface area contributed by atoms with Gasteiger partial charge < -0.3 is 24.3 Å². The summed E-state index contributed by atoms with van der Waals surface area (Å²) in [6.45, 7) is 5.86. The molecule has 1 N–H and O–H groups in total. The zero-order valence-corrected chi connectivity index (χ0v) is 17.2. The highest BCUT2D eigenvalue weighted by atomic mass is 16.5. The van der Waals surface area contributed by atoms with Gasteiger partial charge in [0, 0.05) is 18.7 Å². The Labute approximate surface area is 174 Å². The Hall–Kier alpha value is -3.62. The Morgan fingerprint density at radius 1 is 1.33 bits per heavy atom. The van der Waals surface area contributed by atoms with Crippen molar-refractivity contribution >= 4 is 17.8 Å². The fourth-order valence-electron chi connectivity index (χ4n) is 3.56. The highest BCUT2D eigenvalue weighted by Crippen LogP contribution is 2.29. The van der Waals surface area contributed by atoms with Crippen molar-refractivity contribution in [2.24, 2.45) is 0 Å². The van der Waals surface area contributed by atoms with E-state index in [9.17, 15) is 14.4 Å². The molecule has 2 heterocycles. The number of rotatable bonds is 7. The van der Waals surface area contributed by atoms with Gasteiger partial charge in [-0.2, -0.15) is 0 Å². The van der Waals surface area contributed by atoms with Gasteiger partial charge in [-0.1, -0.05) is 24.3 Å². The SMILES string of the molecule is C=CCN1C(=O)c2c(C(=O)OC)ncn2C[C@@]1(C)C(=O)NCc1ccccc1OC. The van der Waals surface area contributed by atoms with Gasteiger partial charge >= 0.3 is 5.97 Å². The Morgan fingerprint density at radius 3 is 2.73 bits per heavy atom. The van der Waals surface area contributed by atoms with Crippen LogP contribution in [0.15, 0.2) is 43.2 Å². The molecule has 9 nitrogen and oxygen atoms in total. The summed E-state index contributed by atoms with van der Waals surface area (Å²) in [5, 5.41) is 2.89. The summed E-state index contributed by atoms with van der Waals surface area (Å²) < 4.78 is 11.5. The lowest BCUT2D eigenvalue weighted by molar-refractivity contribution is -0.132. The summed E-state index contributed by atoms with van der Waals surface area (Å²) in [6, 6.07) is 7.36. The molecule has 158 valence electrons. The van der Waals surface area contributed by atoms with Crippen LogP contribution in [0.1, 0.15) is 33.5 Å². The predicted molar refractivity (Wildman–Crippen MR) is 108 cm³/mol. The van der Waals surface area contributed by atoms with Gasteiger partial charge in [0.1, 0.15) is 17.0 Å². The Balaban J connectivity index is 1.91. The summed E-state index contributed by atoms with van der Waals surface area (Å²) in [5.41, 5.74) is -0.383. The Kier molecular flexibility index (Phi) is 5.91. The number of aromatic nitrogens is 2. The maximum Gasteiger partial charge on any atom is 0.359 e. The van der Waals surface area contributed by atoms with Crippen molar-refractivity contribution in [1.29, 1.82) is 0 Å². The van der Waals surface area contributed by atoms with Crippen molar-refractivity contribution < 1.29 is 23.9 Å². The van der Waals surface area contributed by atoms with E-state index in [-0.39, 0.29) is 36.9 Å². The number of nitrogens with zero attached hydrogens (tertiary/aromatic N) is 3. The van der Waals surface area contributed by atoms with Crippen LogP contribution in [0.5, 0.6) is 5.75 Å². The molecule has 0 saturated heterocycles. The number of ether oxygens (including phenoxy) is 2. The molecular formula is C21H24N4O5. The first-order valence-corrected chi connectivity index (χ1v) is 9.33. The molecular weight excluding hydrogens is 388 g/mol. The van der Waals surface area contributed by atoms with Crippen LogP contribution in [0.25, 0.3) is 0 Å². The summed E-state index contributed by atoms with van der Waals surface area (Å²) in [6.07, 6.45) is 2.91. The molecule has 1 aromatic carbocycles. The lowest BCUT2D eigenvalue weighted by Gasteiger charge is -2.43. The number of hydrogen-bond acceptors (Lipinski definition) is 6. The van der Waals surface area contributed by atoms with E-state index < -0.39 is 17.4 Å². The molecule has 1 aromatic heterocycles. The fourth-order valence-corrected chi connectivity index (χ4v) is 3.56. The van der Waals surface area contributed by atoms with Gasteiger partial charge in [-0.25, -0.2) is 9.78 Å². The molecule has 0 radical (unpaired) electrons. The van der Waals surface area contributed by atoms with Crippen molar-refractivity contribution in [2.45, 2.75) is 25.6 Å². The number of nitrogens with one attached hydrogen (secondary N) is 1. The third-order valence-corrected chi connectivity index (χ3v) is 5.17. The van der Waals surface area contributed by atoms with Crippen LogP contribution in [0.3, 0.4) is 0 Å². The maximum atomic E-state index is 13.2. The van der Waals surface area contributed by atoms with E-state index in [0.29, 0.717) is 5.75 Å². The minimum Gasteiger partial charge on any atom is -0.496 e. The third kappa shape index (κ3) is 3.54. The number of carbonyl (C=O) groups is 3. The fraction of sp³-hybridized carbons (Fsp3) is 0.333. The van der Waals surface area contributed by atoms with Crippen molar-refractivity contribution in [3.05, 3.63) is 60.2 Å². The average molecular weight is 412 g/mol. The number of hydrogen-bond donors (Lipinski definition) is 1. The first kappa shape index (κ1) is 21.1. The molecule has 0 saturated carbocycles. The summed E-state index contributed by atoms with van der Waals surface area (Å²) in [4.78, 5) is 43.8. The van der Waals surface area contributed by atoms with E-state index in [1.807, 2.05) is 24.3 Å². The molecule has 2 amide bonds. The molecule has 0 fully saturated rings. The topological polar surface area (TPSA) is 103 Å². The van der Waals surface area contributed by atoms with E-state index in [4.69, 9.17) is 9.47 Å². The minimum atomic E-state index is -1.21. The molecule has 0 bridgehead atoms. The molecule has 30 heavy (non-hydrogen) atoms. The number of fused-ring (bicyclic) bond motifs is 1. The van der Waals surface area contributed by atoms with E-state index >= 15 is 0 Å². The van der Waals surface area contributed by atoms with Gasteiger partial charge in [0.05, 0.1) is 27.1 Å². The van der Waals surface area contributed by atoms with Gasteiger partial charge in [-0.15, -0.1) is 6.58 Å². The van der Waals surface area contributed by atoms with Gasteiger partial charge in [0.2, 0.25) is 5.91 Å². The predicted octanol–water partition coefficient (Wildman–Crippen LogP) is 1.40. The van der Waals surface area contributed by atoms with E-state index in [0.717, 1.165) is 5.56 Å². The molecule has 2 aromatic rings. The minimum absolute atomic E-state index is 0.0759. The highest BCUT2D eigenvalue weighted by Gasteiger charge is 2.48. The third-order valence-electron chi connectivity index (χ3n) is 5.17. The number of carbonyl (C=O) groups excluding carboxylic acids is 3. The van der Waals surface area contributed by atoms with Crippen LogP contribution in [0.2, 0.25) is 0 Å². The number of imidazole rings is 1. The van der Waals surface area contributed by atoms with Gasteiger partial charge in [-0.3, -0.25) is 9.59 Å². The summed E-state index contributed by atoms with van der Waals surface area (Å²) in [7, 11) is 2.78.